The van der Waals surface area contributed by atoms with Crippen LogP contribution < -0.4 is 9.47 Å². The predicted molar refractivity (Wildman–Crippen MR) is 101 cm³/mol. The molecule has 27 heavy (non-hydrogen) atoms. The van der Waals surface area contributed by atoms with Crippen LogP contribution in [-0.2, 0) is 11.2 Å². The average Bonchev–Trinajstić information content (AvgIpc) is 3.20. The van der Waals surface area contributed by atoms with E-state index in [0.29, 0.717) is 49.7 Å². The number of nitrogens with zero attached hydrogens (tertiary/aromatic N) is 2. The molecule has 7 heteroatoms. The molecule has 1 aliphatic rings. The Morgan fingerprint density at radius 1 is 1.04 bits per heavy atom. The second-order valence-electron chi connectivity index (χ2n) is 6.59. The van der Waals surface area contributed by atoms with E-state index < -0.39 is 0 Å². The topological polar surface area (TPSA) is 74.9 Å². The molecule has 0 aliphatic carbocycles. The summed E-state index contributed by atoms with van der Waals surface area (Å²) >= 11 is 0. The first-order chi connectivity index (χ1) is 13.0. The zero-order chi connectivity index (χ0) is 19.4. The van der Waals surface area contributed by atoms with Gasteiger partial charge in [-0.15, -0.1) is 0 Å². The number of rotatable bonds is 5. The SMILES string of the molecule is COc1cc(C(=O)N2CCN(C(=O)Cc3cc[nH]c3)CC2)c(OC)cc1C. The van der Waals surface area contributed by atoms with Gasteiger partial charge in [-0.3, -0.25) is 9.59 Å². The van der Waals surface area contributed by atoms with E-state index in [1.165, 1.54) is 0 Å². The highest BCUT2D eigenvalue weighted by molar-refractivity contribution is 5.97. The summed E-state index contributed by atoms with van der Waals surface area (Å²) in [4.78, 5) is 31.9. The summed E-state index contributed by atoms with van der Waals surface area (Å²) in [6.07, 6.45) is 4.01. The Morgan fingerprint density at radius 3 is 2.30 bits per heavy atom. The van der Waals surface area contributed by atoms with Gasteiger partial charge in [-0.05, 0) is 36.2 Å². The van der Waals surface area contributed by atoms with Gasteiger partial charge in [0.1, 0.15) is 11.5 Å². The minimum atomic E-state index is -0.108. The summed E-state index contributed by atoms with van der Waals surface area (Å²) in [5.41, 5.74) is 2.35. The Bertz CT molecular complexity index is 809. The number of nitrogens with one attached hydrogen (secondary N) is 1. The number of methoxy groups -OCH3 is 2. The van der Waals surface area contributed by atoms with E-state index in [-0.39, 0.29) is 11.8 Å². The highest BCUT2D eigenvalue weighted by Gasteiger charge is 2.27. The van der Waals surface area contributed by atoms with Gasteiger partial charge in [0.05, 0.1) is 26.2 Å². The van der Waals surface area contributed by atoms with Crippen LogP contribution in [0.3, 0.4) is 0 Å². The van der Waals surface area contributed by atoms with Crippen LogP contribution in [0.25, 0.3) is 0 Å². The fraction of sp³-hybridized carbons (Fsp3) is 0.400. The van der Waals surface area contributed by atoms with Crippen molar-refractivity contribution in [3.63, 3.8) is 0 Å². The van der Waals surface area contributed by atoms with Gasteiger partial charge in [-0.1, -0.05) is 0 Å². The zero-order valence-corrected chi connectivity index (χ0v) is 15.9. The van der Waals surface area contributed by atoms with Gasteiger partial charge in [0, 0.05) is 38.6 Å². The summed E-state index contributed by atoms with van der Waals surface area (Å²) in [5, 5.41) is 0. The molecule has 2 heterocycles. The third-order valence-corrected chi connectivity index (χ3v) is 4.88. The molecule has 0 atom stereocenters. The molecule has 1 N–H and O–H groups in total. The zero-order valence-electron chi connectivity index (χ0n) is 15.9. The van der Waals surface area contributed by atoms with Gasteiger partial charge >= 0.3 is 0 Å². The number of carbonyl (C=O) groups is 2. The number of aromatic amines is 1. The lowest BCUT2D eigenvalue weighted by atomic mass is 10.1. The van der Waals surface area contributed by atoms with Crippen molar-refractivity contribution in [3.05, 3.63) is 47.3 Å². The van der Waals surface area contributed by atoms with Crippen molar-refractivity contribution in [1.29, 1.82) is 0 Å². The van der Waals surface area contributed by atoms with Crippen molar-refractivity contribution in [2.24, 2.45) is 0 Å². The largest absolute Gasteiger partial charge is 0.496 e. The van der Waals surface area contributed by atoms with Crippen LogP contribution in [0.4, 0.5) is 0 Å². The van der Waals surface area contributed by atoms with E-state index >= 15 is 0 Å². The van der Waals surface area contributed by atoms with E-state index in [4.69, 9.17) is 9.47 Å². The minimum Gasteiger partial charge on any atom is -0.496 e. The first-order valence-corrected chi connectivity index (χ1v) is 8.94. The number of aromatic nitrogens is 1. The maximum atomic E-state index is 13.0. The van der Waals surface area contributed by atoms with Crippen LogP contribution in [0.15, 0.2) is 30.6 Å². The lowest BCUT2D eigenvalue weighted by Crippen LogP contribution is -2.51. The Labute approximate surface area is 158 Å². The second-order valence-corrected chi connectivity index (χ2v) is 6.59. The third-order valence-electron chi connectivity index (χ3n) is 4.88. The molecular weight excluding hydrogens is 346 g/mol. The number of hydrogen-bond acceptors (Lipinski definition) is 4. The van der Waals surface area contributed by atoms with Crippen LogP contribution in [0, 0.1) is 6.92 Å². The summed E-state index contributed by atoms with van der Waals surface area (Å²) < 4.78 is 10.7. The molecule has 2 aromatic rings. The van der Waals surface area contributed by atoms with Crippen molar-refractivity contribution in [2.75, 3.05) is 40.4 Å². The Morgan fingerprint density at radius 2 is 1.70 bits per heavy atom. The van der Waals surface area contributed by atoms with Gasteiger partial charge in [-0.25, -0.2) is 0 Å². The Hall–Kier alpha value is -2.96. The highest BCUT2D eigenvalue weighted by atomic mass is 16.5. The van der Waals surface area contributed by atoms with Crippen LogP contribution in [-0.4, -0.2) is 67.0 Å². The van der Waals surface area contributed by atoms with Gasteiger partial charge < -0.3 is 24.3 Å². The fourth-order valence-corrected chi connectivity index (χ4v) is 3.30. The van der Waals surface area contributed by atoms with Crippen LogP contribution in [0.5, 0.6) is 11.5 Å². The van der Waals surface area contributed by atoms with Crippen molar-refractivity contribution in [2.45, 2.75) is 13.3 Å². The monoisotopic (exact) mass is 371 g/mol. The fourth-order valence-electron chi connectivity index (χ4n) is 3.30. The molecule has 0 spiro atoms. The molecule has 1 aromatic heterocycles. The quantitative estimate of drug-likeness (QED) is 0.871. The van der Waals surface area contributed by atoms with Crippen molar-refractivity contribution in [3.8, 4) is 11.5 Å². The number of ether oxygens (including phenoxy) is 2. The summed E-state index contributed by atoms with van der Waals surface area (Å²) in [6, 6.07) is 5.43. The number of amides is 2. The average molecular weight is 371 g/mol. The van der Waals surface area contributed by atoms with Crippen LogP contribution in [0.1, 0.15) is 21.5 Å². The van der Waals surface area contributed by atoms with E-state index in [0.717, 1.165) is 11.1 Å². The second kappa shape index (κ2) is 8.16. The molecule has 1 saturated heterocycles. The van der Waals surface area contributed by atoms with E-state index in [2.05, 4.69) is 4.98 Å². The number of benzene rings is 1. The maximum Gasteiger partial charge on any atom is 0.257 e. The van der Waals surface area contributed by atoms with Crippen molar-refractivity contribution in [1.82, 2.24) is 14.8 Å². The summed E-state index contributed by atoms with van der Waals surface area (Å²) in [7, 11) is 3.13. The molecule has 1 aliphatic heterocycles. The number of aryl methyl sites for hydroxylation is 1. The molecule has 7 nitrogen and oxygen atoms in total. The molecular formula is C20H25N3O4. The molecule has 0 bridgehead atoms. The smallest absolute Gasteiger partial charge is 0.257 e. The molecule has 3 rings (SSSR count). The lowest BCUT2D eigenvalue weighted by Gasteiger charge is -2.35. The maximum absolute atomic E-state index is 13.0. The normalized spacial score (nSPS) is 14.2. The molecule has 0 saturated carbocycles. The molecule has 1 aromatic carbocycles. The number of carbonyl (C=O) groups excluding carboxylic acids is 2. The molecule has 0 radical (unpaired) electrons. The third kappa shape index (κ3) is 4.07. The molecule has 2 amide bonds. The Kier molecular flexibility index (Phi) is 5.69. The number of H-pyrrole nitrogens is 1. The van der Waals surface area contributed by atoms with E-state index in [1.807, 2.05) is 36.4 Å². The van der Waals surface area contributed by atoms with Gasteiger partial charge in [0.25, 0.3) is 5.91 Å². The predicted octanol–water partition coefficient (Wildman–Crippen LogP) is 1.87. The minimum absolute atomic E-state index is 0.0799. The van der Waals surface area contributed by atoms with Gasteiger partial charge in [-0.2, -0.15) is 0 Å². The molecule has 0 unspecified atom stereocenters. The van der Waals surface area contributed by atoms with E-state index in [1.54, 1.807) is 25.2 Å². The standard InChI is InChI=1S/C20H25N3O4/c1-14-10-18(27-3)16(12-17(14)26-2)20(25)23-8-6-22(7-9-23)19(24)11-15-4-5-21-13-15/h4-5,10,12-13,21H,6-9,11H2,1-3H3. The number of hydrogen-bond donors (Lipinski definition) is 1. The first-order valence-electron chi connectivity index (χ1n) is 8.94. The van der Waals surface area contributed by atoms with Crippen LogP contribution >= 0.6 is 0 Å². The Balaban J connectivity index is 1.65. The van der Waals surface area contributed by atoms with Crippen LogP contribution in [0.2, 0.25) is 0 Å². The first kappa shape index (κ1) is 18.8. The van der Waals surface area contributed by atoms with Crippen molar-refractivity contribution >= 4 is 11.8 Å². The van der Waals surface area contributed by atoms with Gasteiger partial charge in [0.15, 0.2) is 0 Å². The number of piperazine rings is 1. The van der Waals surface area contributed by atoms with Crippen molar-refractivity contribution < 1.29 is 19.1 Å². The molecule has 144 valence electrons. The molecule has 1 fully saturated rings. The summed E-state index contributed by atoms with van der Waals surface area (Å²) in [6.45, 7) is 3.96. The highest BCUT2D eigenvalue weighted by Crippen LogP contribution is 2.29. The van der Waals surface area contributed by atoms with Gasteiger partial charge in [0.2, 0.25) is 5.91 Å². The summed E-state index contributed by atoms with van der Waals surface area (Å²) in [5.74, 6) is 1.16. The van der Waals surface area contributed by atoms with E-state index in [9.17, 15) is 9.59 Å². The lowest BCUT2D eigenvalue weighted by molar-refractivity contribution is -0.131.